The zero-order chi connectivity index (χ0) is 20.7. The van der Waals surface area contributed by atoms with Crippen molar-refractivity contribution in [1.82, 2.24) is 14.5 Å². The van der Waals surface area contributed by atoms with Gasteiger partial charge >= 0.3 is 0 Å². The molecule has 0 saturated carbocycles. The molecule has 1 radical (unpaired) electrons. The largest absolute Gasteiger partial charge is 0.366 e. The second-order valence-corrected chi connectivity index (χ2v) is 7.33. The SMILES string of the molecule is [C-]#[N+]c1cccc(-c2cnc(-c3[c-]nc4c(c3)c3ccccc3n4CC)cc2C)c1.[Ir]. The Bertz CT molecular complexity index is 1460. The van der Waals surface area contributed by atoms with Gasteiger partial charge in [0, 0.05) is 38.4 Å². The van der Waals surface area contributed by atoms with Crippen molar-refractivity contribution in [1.29, 1.82) is 0 Å². The minimum Gasteiger partial charge on any atom is -0.366 e. The number of hydrogen-bond donors (Lipinski definition) is 0. The first-order valence-electron chi connectivity index (χ1n) is 9.94. The maximum Gasteiger partial charge on any atom is 0.187 e. The second-order valence-electron chi connectivity index (χ2n) is 7.33. The first-order valence-corrected chi connectivity index (χ1v) is 9.94. The number of para-hydroxylation sites is 1. The van der Waals surface area contributed by atoms with Crippen LogP contribution in [0.4, 0.5) is 5.69 Å². The van der Waals surface area contributed by atoms with E-state index in [1.165, 1.54) is 10.9 Å². The number of rotatable bonds is 3. The molecule has 3 heterocycles. The van der Waals surface area contributed by atoms with Gasteiger partial charge in [0.2, 0.25) is 0 Å². The van der Waals surface area contributed by atoms with Gasteiger partial charge in [-0.3, -0.25) is 0 Å². The molecule has 5 heteroatoms. The van der Waals surface area contributed by atoms with Crippen LogP contribution < -0.4 is 0 Å². The summed E-state index contributed by atoms with van der Waals surface area (Å²) in [6.07, 6.45) is 5.07. The number of hydrogen-bond acceptors (Lipinski definition) is 2. The molecule has 5 aromatic rings. The van der Waals surface area contributed by atoms with Crippen LogP contribution in [0.2, 0.25) is 0 Å². The van der Waals surface area contributed by atoms with E-state index in [2.05, 4.69) is 70.8 Å². The normalized spacial score (nSPS) is 10.7. The molecule has 0 amide bonds. The van der Waals surface area contributed by atoms with E-state index < -0.39 is 0 Å². The number of pyridine rings is 2. The average Bonchev–Trinajstić information content (AvgIpc) is 3.12. The number of aryl methyl sites for hydroxylation is 2. The van der Waals surface area contributed by atoms with E-state index in [9.17, 15) is 0 Å². The second kappa shape index (κ2) is 8.43. The molecular weight excluding hydrogens is 561 g/mol. The van der Waals surface area contributed by atoms with Gasteiger partial charge in [-0.25, -0.2) is 4.85 Å². The van der Waals surface area contributed by atoms with Crippen LogP contribution in [-0.4, -0.2) is 14.5 Å². The smallest absolute Gasteiger partial charge is 0.187 e. The van der Waals surface area contributed by atoms with Crippen LogP contribution in [0.1, 0.15) is 12.5 Å². The average molecular weight is 580 g/mol. The van der Waals surface area contributed by atoms with Crippen molar-refractivity contribution in [2.75, 3.05) is 0 Å². The Balaban J connectivity index is 0.00000231. The minimum atomic E-state index is 0. The van der Waals surface area contributed by atoms with Gasteiger partial charge in [0.15, 0.2) is 5.69 Å². The predicted molar refractivity (Wildman–Crippen MR) is 121 cm³/mol. The van der Waals surface area contributed by atoms with E-state index >= 15 is 0 Å². The number of nitrogens with zero attached hydrogens (tertiary/aromatic N) is 4. The molecule has 3 aromatic heterocycles. The number of benzene rings is 2. The Hall–Kier alpha value is -3.32. The standard InChI is InChI=1S/C26H19N4.Ir/c1-4-30-25-11-6-5-10-21(25)22-14-19(15-29-26(22)30)24-12-17(2)23(16-28-24)18-8-7-9-20(13-18)27-3;/h5-14,16H,4H2,1-2H3;/q-1;. The zero-order valence-corrected chi connectivity index (χ0v) is 19.6. The fourth-order valence-electron chi connectivity index (χ4n) is 4.07. The first kappa shape index (κ1) is 20.9. The summed E-state index contributed by atoms with van der Waals surface area (Å²) in [4.78, 5) is 12.9. The molecule has 2 aromatic carbocycles. The van der Waals surface area contributed by atoms with E-state index in [0.717, 1.165) is 45.5 Å². The first-order chi connectivity index (χ1) is 14.7. The molecule has 0 N–H and O–H groups in total. The van der Waals surface area contributed by atoms with Gasteiger partial charge < -0.3 is 14.5 Å². The Kier molecular flexibility index (Phi) is 5.69. The zero-order valence-electron chi connectivity index (χ0n) is 17.2. The topological polar surface area (TPSA) is 35.1 Å². The van der Waals surface area contributed by atoms with Crippen LogP contribution in [0.15, 0.2) is 66.9 Å². The van der Waals surface area contributed by atoms with E-state index in [4.69, 9.17) is 11.6 Å². The van der Waals surface area contributed by atoms with Gasteiger partial charge in [-0.1, -0.05) is 47.9 Å². The van der Waals surface area contributed by atoms with Crippen LogP contribution in [0, 0.1) is 19.7 Å². The summed E-state index contributed by atoms with van der Waals surface area (Å²) in [6.45, 7) is 12.3. The third-order valence-corrected chi connectivity index (χ3v) is 5.54. The van der Waals surface area contributed by atoms with Gasteiger partial charge in [0.05, 0.1) is 12.2 Å². The molecule has 5 rings (SSSR count). The number of fused-ring (bicyclic) bond motifs is 3. The molecule has 0 unspecified atom stereocenters. The van der Waals surface area contributed by atoms with Gasteiger partial charge in [-0.15, -0.1) is 11.6 Å². The van der Waals surface area contributed by atoms with Crippen LogP contribution in [-0.2, 0) is 26.7 Å². The Labute approximate surface area is 194 Å². The molecule has 0 spiro atoms. The summed E-state index contributed by atoms with van der Waals surface area (Å²) in [5.74, 6) is 0. The van der Waals surface area contributed by atoms with Crippen LogP contribution in [0.25, 0.3) is 49.2 Å². The van der Waals surface area contributed by atoms with Crippen LogP contribution in [0.3, 0.4) is 0 Å². The summed E-state index contributed by atoms with van der Waals surface area (Å²) in [7, 11) is 0. The summed E-state index contributed by atoms with van der Waals surface area (Å²) in [5.41, 5.74) is 7.63. The van der Waals surface area contributed by atoms with Gasteiger partial charge in [0.1, 0.15) is 0 Å². The molecule has 0 aliphatic heterocycles. The molecule has 0 aliphatic rings. The van der Waals surface area contributed by atoms with Crippen molar-refractivity contribution in [2.24, 2.45) is 0 Å². The molecule has 31 heavy (non-hydrogen) atoms. The number of aromatic nitrogens is 3. The fourth-order valence-corrected chi connectivity index (χ4v) is 4.07. The predicted octanol–water partition coefficient (Wildman–Crippen LogP) is 6.60. The van der Waals surface area contributed by atoms with Crippen LogP contribution >= 0.6 is 0 Å². The third kappa shape index (κ3) is 3.55. The monoisotopic (exact) mass is 580 g/mol. The van der Waals surface area contributed by atoms with Gasteiger partial charge in [-0.2, -0.15) is 0 Å². The van der Waals surface area contributed by atoms with Crippen molar-refractivity contribution in [3.8, 4) is 22.4 Å². The molecule has 0 saturated heterocycles. The summed E-state index contributed by atoms with van der Waals surface area (Å²) in [6, 6.07) is 20.2. The Morgan fingerprint density at radius 3 is 2.65 bits per heavy atom. The maximum absolute atomic E-state index is 7.24. The molecule has 0 fully saturated rings. The van der Waals surface area contributed by atoms with Crippen molar-refractivity contribution in [2.45, 2.75) is 20.4 Å². The van der Waals surface area contributed by atoms with E-state index in [1.807, 2.05) is 30.5 Å². The molecular formula is C26H19IrN4-. The van der Waals surface area contributed by atoms with Crippen molar-refractivity contribution in [3.63, 3.8) is 0 Å². The molecule has 0 atom stereocenters. The van der Waals surface area contributed by atoms with E-state index in [0.29, 0.717) is 5.69 Å². The Morgan fingerprint density at radius 2 is 1.87 bits per heavy atom. The van der Waals surface area contributed by atoms with E-state index in [-0.39, 0.29) is 20.1 Å². The van der Waals surface area contributed by atoms with Crippen LogP contribution in [0.5, 0.6) is 0 Å². The molecule has 153 valence electrons. The van der Waals surface area contributed by atoms with Crippen molar-refractivity contribution in [3.05, 3.63) is 90.0 Å². The van der Waals surface area contributed by atoms with Crippen molar-refractivity contribution < 1.29 is 20.1 Å². The third-order valence-electron chi connectivity index (χ3n) is 5.54. The summed E-state index contributed by atoms with van der Waals surface area (Å²) in [5, 5.41) is 2.32. The Morgan fingerprint density at radius 1 is 1.03 bits per heavy atom. The summed E-state index contributed by atoms with van der Waals surface area (Å²) >= 11 is 0. The quantitative estimate of drug-likeness (QED) is 0.226. The molecule has 0 aliphatic carbocycles. The molecule has 0 bridgehead atoms. The van der Waals surface area contributed by atoms with Crippen molar-refractivity contribution >= 4 is 27.6 Å². The fraction of sp³-hybridized carbons (Fsp3) is 0.115. The minimum absolute atomic E-state index is 0. The maximum atomic E-state index is 7.24. The summed E-state index contributed by atoms with van der Waals surface area (Å²) < 4.78 is 2.22. The van der Waals surface area contributed by atoms with Gasteiger partial charge in [0.25, 0.3) is 0 Å². The van der Waals surface area contributed by atoms with Gasteiger partial charge in [-0.05, 0) is 59.9 Å². The molecule has 4 nitrogen and oxygen atoms in total. The van der Waals surface area contributed by atoms with E-state index in [1.54, 1.807) is 0 Å².